The summed E-state index contributed by atoms with van der Waals surface area (Å²) in [4.78, 5) is 12.0. The van der Waals surface area contributed by atoms with E-state index in [9.17, 15) is 9.90 Å². The summed E-state index contributed by atoms with van der Waals surface area (Å²) in [7, 11) is 0. The smallest absolute Gasteiger partial charge is 0.319 e. The number of rotatable bonds is 7. The zero-order valence-electron chi connectivity index (χ0n) is 14.2. The first-order valence-corrected chi connectivity index (χ1v) is 8.31. The topological polar surface area (TPSA) is 66.3 Å². The fourth-order valence-corrected chi connectivity index (χ4v) is 2.81. The quantitative estimate of drug-likeness (QED) is 0.730. The maximum atomic E-state index is 12.0. The lowest BCUT2D eigenvalue weighted by Crippen LogP contribution is -2.33. The van der Waals surface area contributed by atoms with Gasteiger partial charge in [0.2, 0.25) is 0 Å². The average molecular weight is 317 g/mol. The van der Waals surface area contributed by atoms with E-state index in [0.717, 1.165) is 24.2 Å². The summed E-state index contributed by atoms with van der Waals surface area (Å²) in [6, 6.07) is 7.82. The van der Waals surface area contributed by atoms with Gasteiger partial charge in [-0.2, -0.15) is 0 Å². The van der Waals surface area contributed by atoms with Gasteiger partial charge >= 0.3 is 6.03 Å². The number of benzene rings is 1. The fourth-order valence-electron chi connectivity index (χ4n) is 2.81. The third-order valence-corrected chi connectivity index (χ3v) is 3.85. The van der Waals surface area contributed by atoms with E-state index in [1.54, 1.807) is 6.92 Å². The van der Waals surface area contributed by atoms with Crippen molar-refractivity contribution in [1.29, 1.82) is 0 Å². The molecule has 0 bridgehead atoms. The van der Waals surface area contributed by atoms with Crippen molar-refractivity contribution >= 4 is 22.6 Å². The number of aliphatic hydroxyl groups excluding tert-OH is 1. The van der Waals surface area contributed by atoms with Crippen molar-refractivity contribution in [3.63, 3.8) is 0 Å². The molecule has 0 saturated heterocycles. The summed E-state index contributed by atoms with van der Waals surface area (Å²) in [6.07, 6.45) is 3.49. The van der Waals surface area contributed by atoms with Crippen LogP contribution in [0.1, 0.15) is 33.6 Å². The van der Waals surface area contributed by atoms with E-state index in [1.165, 1.54) is 5.39 Å². The van der Waals surface area contributed by atoms with Gasteiger partial charge in [-0.05, 0) is 49.3 Å². The van der Waals surface area contributed by atoms with Crippen molar-refractivity contribution in [2.45, 2.75) is 46.3 Å². The Morgan fingerprint density at radius 3 is 2.78 bits per heavy atom. The molecule has 2 amide bonds. The van der Waals surface area contributed by atoms with E-state index in [1.807, 2.05) is 25.1 Å². The van der Waals surface area contributed by atoms with Crippen molar-refractivity contribution in [3.05, 3.63) is 30.5 Å². The van der Waals surface area contributed by atoms with Gasteiger partial charge in [-0.3, -0.25) is 0 Å². The molecule has 23 heavy (non-hydrogen) atoms. The molecule has 2 rings (SSSR count). The number of nitrogens with zero attached hydrogens (tertiary/aromatic N) is 1. The molecule has 126 valence electrons. The van der Waals surface area contributed by atoms with Gasteiger partial charge in [0.1, 0.15) is 0 Å². The fraction of sp³-hybridized carbons (Fsp3) is 0.500. The number of carbonyl (C=O) groups is 1. The summed E-state index contributed by atoms with van der Waals surface area (Å²) < 4.78 is 2.20. The minimum absolute atomic E-state index is 0.213. The second kappa shape index (κ2) is 8.02. The van der Waals surface area contributed by atoms with E-state index >= 15 is 0 Å². The molecule has 2 unspecified atom stereocenters. The summed E-state index contributed by atoms with van der Waals surface area (Å²) in [5, 5.41) is 16.2. The predicted molar refractivity (Wildman–Crippen MR) is 94.7 cm³/mol. The number of aliphatic hydroxyl groups is 1. The molecule has 0 saturated carbocycles. The van der Waals surface area contributed by atoms with Crippen LogP contribution in [0.3, 0.4) is 0 Å². The molecule has 0 aliphatic heterocycles. The Hall–Kier alpha value is -2.01. The highest BCUT2D eigenvalue weighted by atomic mass is 16.3. The second-order valence-corrected chi connectivity index (χ2v) is 6.31. The normalized spacial score (nSPS) is 13.7. The molecule has 1 aromatic heterocycles. The molecule has 5 nitrogen and oxygen atoms in total. The zero-order chi connectivity index (χ0) is 16.8. The first-order chi connectivity index (χ1) is 11.0. The summed E-state index contributed by atoms with van der Waals surface area (Å²) in [6.45, 7) is 7.44. The molecule has 1 heterocycles. The highest BCUT2D eigenvalue weighted by Gasteiger charge is 2.09. The van der Waals surface area contributed by atoms with Crippen LogP contribution in [-0.2, 0) is 6.54 Å². The van der Waals surface area contributed by atoms with Gasteiger partial charge in [0.05, 0.1) is 11.6 Å². The molecule has 0 radical (unpaired) electrons. The summed E-state index contributed by atoms with van der Waals surface area (Å²) in [5.41, 5.74) is 1.92. The number of anilines is 1. The number of nitrogens with one attached hydrogen (secondary N) is 2. The standard InChI is InChI=1S/C18H27N3O2/c1-4-8-21-9-7-15-5-6-16(11-17(15)21)20-18(23)19-12-13(2)10-14(3)22/h5-7,9,11,13-14,22H,4,8,10,12H2,1-3H3,(H2,19,20,23). The molecular weight excluding hydrogens is 290 g/mol. The molecule has 5 heteroatoms. The Morgan fingerprint density at radius 1 is 1.30 bits per heavy atom. The van der Waals surface area contributed by atoms with Crippen LogP contribution in [0.4, 0.5) is 10.5 Å². The number of aromatic nitrogens is 1. The van der Waals surface area contributed by atoms with Gasteiger partial charge in [0.25, 0.3) is 0 Å². The van der Waals surface area contributed by atoms with E-state index < -0.39 is 0 Å². The highest BCUT2D eigenvalue weighted by Crippen LogP contribution is 2.21. The molecule has 2 atom stereocenters. The third kappa shape index (κ3) is 4.99. The Bertz CT molecular complexity index is 649. The highest BCUT2D eigenvalue weighted by molar-refractivity contribution is 5.92. The molecule has 0 fully saturated rings. The van der Waals surface area contributed by atoms with Crippen LogP contribution in [0, 0.1) is 5.92 Å². The van der Waals surface area contributed by atoms with Crippen LogP contribution in [0.5, 0.6) is 0 Å². The number of hydrogen-bond donors (Lipinski definition) is 3. The van der Waals surface area contributed by atoms with Crippen LogP contribution in [0.2, 0.25) is 0 Å². The number of amides is 2. The Balaban J connectivity index is 1.95. The van der Waals surface area contributed by atoms with Crippen LogP contribution in [0.25, 0.3) is 10.9 Å². The van der Waals surface area contributed by atoms with Crippen molar-refractivity contribution in [3.8, 4) is 0 Å². The van der Waals surface area contributed by atoms with Crippen LogP contribution in [-0.4, -0.2) is 28.4 Å². The van der Waals surface area contributed by atoms with Crippen LogP contribution < -0.4 is 10.6 Å². The van der Waals surface area contributed by atoms with Gasteiger partial charge < -0.3 is 20.3 Å². The minimum Gasteiger partial charge on any atom is -0.393 e. The van der Waals surface area contributed by atoms with Gasteiger partial charge in [-0.25, -0.2) is 4.79 Å². The first-order valence-electron chi connectivity index (χ1n) is 8.31. The number of fused-ring (bicyclic) bond motifs is 1. The van der Waals surface area contributed by atoms with Gasteiger partial charge in [0.15, 0.2) is 0 Å². The first kappa shape index (κ1) is 17.3. The molecule has 1 aromatic carbocycles. The summed E-state index contributed by atoms with van der Waals surface area (Å²) in [5.74, 6) is 0.241. The van der Waals surface area contributed by atoms with Gasteiger partial charge in [0, 0.05) is 25.0 Å². The Kier molecular flexibility index (Phi) is 6.04. The van der Waals surface area contributed by atoms with E-state index in [0.29, 0.717) is 13.0 Å². The molecule has 0 aliphatic rings. The maximum Gasteiger partial charge on any atom is 0.319 e. The van der Waals surface area contributed by atoms with Gasteiger partial charge in [-0.1, -0.05) is 19.9 Å². The van der Waals surface area contributed by atoms with E-state index in [-0.39, 0.29) is 18.1 Å². The lowest BCUT2D eigenvalue weighted by Gasteiger charge is -2.15. The number of hydrogen-bond acceptors (Lipinski definition) is 2. The van der Waals surface area contributed by atoms with Crippen molar-refractivity contribution in [2.75, 3.05) is 11.9 Å². The van der Waals surface area contributed by atoms with Gasteiger partial charge in [-0.15, -0.1) is 0 Å². The lowest BCUT2D eigenvalue weighted by molar-refractivity contribution is 0.163. The van der Waals surface area contributed by atoms with Crippen LogP contribution >= 0.6 is 0 Å². The maximum absolute atomic E-state index is 12.0. The lowest BCUT2D eigenvalue weighted by atomic mass is 10.1. The molecule has 3 N–H and O–H groups in total. The van der Waals surface area contributed by atoms with Crippen molar-refractivity contribution < 1.29 is 9.90 Å². The van der Waals surface area contributed by atoms with E-state index in [2.05, 4.69) is 34.4 Å². The SMILES string of the molecule is CCCn1ccc2ccc(NC(=O)NCC(C)CC(C)O)cc21. The minimum atomic E-state index is -0.344. The molecule has 2 aromatic rings. The largest absolute Gasteiger partial charge is 0.393 e. The Morgan fingerprint density at radius 2 is 2.09 bits per heavy atom. The second-order valence-electron chi connectivity index (χ2n) is 6.31. The third-order valence-electron chi connectivity index (χ3n) is 3.85. The molecule has 0 spiro atoms. The van der Waals surface area contributed by atoms with Crippen molar-refractivity contribution in [1.82, 2.24) is 9.88 Å². The number of aryl methyl sites for hydroxylation is 1. The van der Waals surface area contributed by atoms with Crippen LogP contribution in [0.15, 0.2) is 30.5 Å². The molecular formula is C18H27N3O2. The number of carbonyl (C=O) groups excluding carboxylic acids is 1. The average Bonchev–Trinajstić information content (AvgIpc) is 2.88. The van der Waals surface area contributed by atoms with E-state index in [4.69, 9.17) is 0 Å². The monoisotopic (exact) mass is 317 g/mol. The molecule has 0 aliphatic carbocycles. The number of urea groups is 1. The van der Waals surface area contributed by atoms with Crippen molar-refractivity contribution in [2.24, 2.45) is 5.92 Å². The summed E-state index contributed by atoms with van der Waals surface area (Å²) >= 11 is 0. The predicted octanol–water partition coefficient (Wildman–Crippen LogP) is 3.58. The Labute approximate surface area is 137 Å². The zero-order valence-corrected chi connectivity index (χ0v) is 14.2.